The van der Waals surface area contributed by atoms with E-state index in [1.165, 1.54) is 17.8 Å². The van der Waals surface area contributed by atoms with Gasteiger partial charge in [-0.05, 0) is 95.8 Å². The van der Waals surface area contributed by atoms with Gasteiger partial charge in [0.25, 0.3) is 0 Å². The molecule has 2 aliphatic heterocycles. The normalized spacial score (nSPS) is 16.9. The average Bonchev–Trinajstić information content (AvgIpc) is 2.93. The average molecular weight is 607 g/mol. The molecule has 1 fully saturated rings. The molecule has 0 aliphatic carbocycles. The fourth-order valence-electron chi connectivity index (χ4n) is 5.52. The zero-order valence-electron chi connectivity index (χ0n) is 24.5. The number of benzene rings is 2. The highest BCUT2D eigenvalue weighted by molar-refractivity contribution is 7.99. The molecule has 2 aliphatic rings. The number of likely N-dealkylation sites (tertiary alicyclic amines) is 1. The smallest absolute Gasteiger partial charge is 0.416 e. The van der Waals surface area contributed by atoms with Crippen molar-refractivity contribution in [1.29, 1.82) is 0 Å². The number of nitrogens with zero attached hydrogens (tertiary/aromatic N) is 2. The number of amides is 1. The van der Waals surface area contributed by atoms with Crippen molar-refractivity contribution in [1.82, 2.24) is 10.2 Å². The van der Waals surface area contributed by atoms with Gasteiger partial charge in [0.15, 0.2) is 5.78 Å². The highest BCUT2D eigenvalue weighted by Crippen LogP contribution is 2.49. The van der Waals surface area contributed by atoms with Crippen LogP contribution in [0.3, 0.4) is 0 Å². The SMILES string of the molecule is CC(C)(C)OC(=O)NCC(CN1CCC(CCCN2c3ccccc3Sc3ccc(C(F)(F)F)cc32)CC1)C(=O)CN. The second-order valence-electron chi connectivity index (χ2n) is 12.0. The molecule has 7 nitrogen and oxygen atoms in total. The number of alkyl halides is 3. The second-order valence-corrected chi connectivity index (χ2v) is 13.1. The van der Waals surface area contributed by atoms with Crippen molar-refractivity contribution in [2.75, 3.05) is 44.2 Å². The molecule has 0 radical (unpaired) electrons. The van der Waals surface area contributed by atoms with Crippen LogP contribution in [0.5, 0.6) is 0 Å². The third-order valence-electron chi connectivity index (χ3n) is 7.68. The molecule has 1 amide bonds. The summed E-state index contributed by atoms with van der Waals surface area (Å²) in [4.78, 5) is 30.7. The number of Topliss-reactive ketones (excluding diaryl/α,β-unsaturated/α-hetero) is 1. The number of alkyl carbamates (subject to hydrolysis) is 1. The Labute approximate surface area is 250 Å². The minimum atomic E-state index is -4.39. The molecule has 0 bridgehead atoms. The van der Waals surface area contributed by atoms with Gasteiger partial charge in [-0.15, -0.1) is 0 Å². The van der Waals surface area contributed by atoms with Gasteiger partial charge in [-0.1, -0.05) is 23.9 Å². The fourth-order valence-corrected chi connectivity index (χ4v) is 6.60. The molecule has 1 saturated heterocycles. The van der Waals surface area contributed by atoms with Crippen LogP contribution in [0, 0.1) is 11.8 Å². The third kappa shape index (κ3) is 8.64. The molecule has 2 heterocycles. The number of para-hydroxylation sites is 1. The van der Waals surface area contributed by atoms with Crippen LogP contribution in [-0.2, 0) is 15.7 Å². The highest BCUT2D eigenvalue weighted by atomic mass is 32.2. The lowest BCUT2D eigenvalue weighted by Gasteiger charge is -2.35. The molecule has 4 rings (SSSR count). The van der Waals surface area contributed by atoms with Crippen molar-refractivity contribution in [2.45, 2.75) is 68.0 Å². The molecule has 2 aromatic carbocycles. The highest BCUT2D eigenvalue weighted by Gasteiger charge is 2.33. The lowest BCUT2D eigenvalue weighted by molar-refractivity contribution is -0.137. The summed E-state index contributed by atoms with van der Waals surface area (Å²) in [5.74, 6) is 0.0000676. The second kappa shape index (κ2) is 13.7. The maximum Gasteiger partial charge on any atom is 0.416 e. The Bertz CT molecular complexity index is 1240. The van der Waals surface area contributed by atoms with Gasteiger partial charge in [0, 0.05) is 35.3 Å². The van der Waals surface area contributed by atoms with Gasteiger partial charge in [-0.3, -0.25) is 4.79 Å². The minimum absolute atomic E-state index is 0.0805. The van der Waals surface area contributed by atoms with E-state index in [2.05, 4.69) is 10.2 Å². The van der Waals surface area contributed by atoms with E-state index >= 15 is 0 Å². The first-order valence-corrected chi connectivity index (χ1v) is 15.3. The Kier molecular flexibility index (Phi) is 10.5. The number of nitrogens with one attached hydrogen (secondary N) is 1. The molecule has 3 N–H and O–H groups in total. The molecule has 0 spiro atoms. The van der Waals surface area contributed by atoms with Crippen LogP contribution >= 0.6 is 11.8 Å². The Hall–Kier alpha value is -2.76. The molecule has 0 saturated carbocycles. The van der Waals surface area contributed by atoms with Gasteiger partial charge in [0.1, 0.15) is 5.60 Å². The number of ether oxygens (including phenoxy) is 1. The molecular weight excluding hydrogens is 565 g/mol. The lowest BCUT2D eigenvalue weighted by atomic mass is 9.91. The summed E-state index contributed by atoms with van der Waals surface area (Å²) < 4.78 is 45.8. The summed E-state index contributed by atoms with van der Waals surface area (Å²) >= 11 is 1.51. The number of hydrogen-bond acceptors (Lipinski definition) is 7. The van der Waals surface area contributed by atoms with Crippen LogP contribution in [-0.4, -0.2) is 61.6 Å². The number of anilines is 2. The summed E-state index contributed by atoms with van der Waals surface area (Å²) in [6, 6.07) is 11.9. The number of piperidine rings is 1. The Morgan fingerprint density at radius 1 is 1.07 bits per heavy atom. The van der Waals surface area contributed by atoms with Crippen LogP contribution in [0.4, 0.5) is 29.3 Å². The number of hydrogen-bond donors (Lipinski definition) is 2. The van der Waals surface area contributed by atoms with Crippen LogP contribution in [0.15, 0.2) is 52.3 Å². The van der Waals surface area contributed by atoms with Crippen LogP contribution < -0.4 is 16.0 Å². The van der Waals surface area contributed by atoms with E-state index in [4.69, 9.17) is 10.5 Å². The van der Waals surface area contributed by atoms with E-state index < -0.39 is 29.4 Å². The zero-order chi connectivity index (χ0) is 30.5. The van der Waals surface area contributed by atoms with Gasteiger partial charge < -0.3 is 25.6 Å². The molecule has 42 heavy (non-hydrogen) atoms. The van der Waals surface area contributed by atoms with Crippen LogP contribution in [0.25, 0.3) is 0 Å². The number of rotatable bonds is 10. The van der Waals surface area contributed by atoms with Crippen molar-refractivity contribution in [3.05, 3.63) is 48.0 Å². The topological polar surface area (TPSA) is 87.9 Å². The molecule has 230 valence electrons. The number of carbonyl (C=O) groups is 2. The van der Waals surface area contributed by atoms with E-state index in [0.717, 1.165) is 60.3 Å². The van der Waals surface area contributed by atoms with E-state index in [1.807, 2.05) is 29.2 Å². The van der Waals surface area contributed by atoms with E-state index in [0.29, 0.717) is 24.7 Å². The lowest BCUT2D eigenvalue weighted by Crippen LogP contribution is -2.45. The number of halogens is 3. The maximum absolute atomic E-state index is 13.5. The standard InChI is InChI=1S/C31H41F3N4O3S/c1-30(2,3)41-29(40)36-19-22(26(39)18-35)20-37-15-12-21(13-16-37)7-6-14-38-24-8-4-5-9-27(24)42-28-11-10-23(17-25(28)38)31(32,33)34/h4-5,8-11,17,21-22H,6-7,12-16,18-20,35H2,1-3H3,(H,36,40). The molecule has 1 atom stereocenters. The molecular formula is C31H41F3N4O3S. The summed E-state index contributed by atoms with van der Waals surface area (Å²) in [5, 5.41) is 2.71. The van der Waals surface area contributed by atoms with E-state index in [1.54, 1.807) is 26.8 Å². The van der Waals surface area contributed by atoms with E-state index in [-0.39, 0.29) is 18.9 Å². The first kappa shape index (κ1) is 32.2. The van der Waals surface area contributed by atoms with Gasteiger partial charge in [0.2, 0.25) is 0 Å². The summed E-state index contributed by atoms with van der Waals surface area (Å²) in [5.41, 5.74) is 5.94. The quantitative estimate of drug-likeness (QED) is 0.321. The van der Waals surface area contributed by atoms with Gasteiger partial charge in [-0.2, -0.15) is 13.2 Å². The van der Waals surface area contributed by atoms with Crippen molar-refractivity contribution in [3.8, 4) is 0 Å². The molecule has 2 aromatic rings. The van der Waals surface area contributed by atoms with Gasteiger partial charge in [-0.25, -0.2) is 4.79 Å². The Morgan fingerprint density at radius 3 is 2.43 bits per heavy atom. The van der Waals surface area contributed by atoms with Gasteiger partial charge in [0.05, 0.1) is 23.5 Å². The maximum atomic E-state index is 13.5. The molecule has 11 heteroatoms. The monoisotopic (exact) mass is 606 g/mol. The van der Waals surface area contributed by atoms with Crippen LogP contribution in [0.2, 0.25) is 0 Å². The summed E-state index contributed by atoms with van der Waals surface area (Å²) in [6.07, 6.45) is -1.17. The predicted molar refractivity (Wildman–Crippen MR) is 159 cm³/mol. The van der Waals surface area contributed by atoms with Crippen molar-refractivity contribution >= 4 is 35.0 Å². The predicted octanol–water partition coefficient (Wildman–Crippen LogP) is 6.47. The van der Waals surface area contributed by atoms with E-state index in [9.17, 15) is 22.8 Å². The minimum Gasteiger partial charge on any atom is -0.444 e. The van der Waals surface area contributed by atoms with Crippen molar-refractivity contribution < 1.29 is 27.5 Å². The van der Waals surface area contributed by atoms with Crippen molar-refractivity contribution in [2.24, 2.45) is 17.6 Å². The fraction of sp³-hybridized carbons (Fsp3) is 0.548. The third-order valence-corrected chi connectivity index (χ3v) is 8.81. The largest absolute Gasteiger partial charge is 0.444 e. The Morgan fingerprint density at radius 2 is 1.76 bits per heavy atom. The number of nitrogens with two attached hydrogens (primary N) is 1. The number of fused-ring (bicyclic) bond motifs is 2. The first-order valence-electron chi connectivity index (χ1n) is 14.5. The Balaban J connectivity index is 1.30. The number of carbonyl (C=O) groups excluding carboxylic acids is 2. The number of ketones is 1. The molecule has 0 aromatic heterocycles. The zero-order valence-corrected chi connectivity index (χ0v) is 25.3. The van der Waals surface area contributed by atoms with Crippen molar-refractivity contribution in [3.63, 3.8) is 0 Å². The first-order chi connectivity index (χ1) is 19.8. The summed E-state index contributed by atoms with van der Waals surface area (Å²) in [7, 11) is 0. The van der Waals surface area contributed by atoms with Crippen LogP contribution in [0.1, 0.15) is 52.0 Å². The molecule has 1 unspecified atom stereocenters. The summed E-state index contributed by atoms with van der Waals surface area (Å²) in [6.45, 7) is 8.29. The van der Waals surface area contributed by atoms with Gasteiger partial charge >= 0.3 is 12.3 Å².